The van der Waals surface area contributed by atoms with Crippen molar-refractivity contribution in [3.63, 3.8) is 0 Å². The Morgan fingerprint density at radius 3 is 2.38 bits per heavy atom. The molecule has 0 radical (unpaired) electrons. The largest absolute Gasteiger partial charge is 0.494 e. The fourth-order valence-electron chi connectivity index (χ4n) is 2.90. The maximum absolute atomic E-state index is 12.3. The van der Waals surface area contributed by atoms with Gasteiger partial charge in [-0.2, -0.15) is 0 Å². The number of hydrogen-bond acceptors (Lipinski definition) is 2. The maximum Gasteiger partial charge on any atom is 0.222 e. The van der Waals surface area contributed by atoms with E-state index in [9.17, 15) is 4.79 Å². The molecule has 0 atom stereocenters. The number of para-hydroxylation sites is 1. The van der Waals surface area contributed by atoms with E-state index < -0.39 is 0 Å². The molecule has 0 aliphatic carbocycles. The van der Waals surface area contributed by atoms with Crippen molar-refractivity contribution in [1.29, 1.82) is 0 Å². The predicted molar refractivity (Wildman–Crippen MR) is 96.8 cm³/mol. The van der Waals surface area contributed by atoms with Crippen molar-refractivity contribution in [2.24, 2.45) is 0 Å². The van der Waals surface area contributed by atoms with Crippen molar-refractivity contribution in [1.82, 2.24) is 4.90 Å². The van der Waals surface area contributed by atoms with Crippen LogP contribution in [0.5, 0.6) is 5.75 Å². The second-order valence-corrected chi connectivity index (χ2v) is 5.95. The summed E-state index contributed by atoms with van der Waals surface area (Å²) in [6, 6.07) is 20.1. The van der Waals surface area contributed by atoms with E-state index in [0.29, 0.717) is 19.6 Å². The Morgan fingerprint density at radius 1 is 1.00 bits per heavy atom. The minimum atomic E-state index is 0.218. The van der Waals surface area contributed by atoms with Crippen molar-refractivity contribution in [2.75, 3.05) is 19.7 Å². The first-order valence-corrected chi connectivity index (χ1v) is 8.53. The van der Waals surface area contributed by atoms with Gasteiger partial charge in [0.25, 0.3) is 0 Å². The Kier molecular flexibility index (Phi) is 5.67. The van der Waals surface area contributed by atoms with Gasteiger partial charge in [0.05, 0.1) is 6.61 Å². The smallest absolute Gasteiger partial charge is 0.222 e. The van der Waals surface area contributed by atoms with Crippen LogP contribution >= 0.6 is 0 Å². The van der Waals surface area contributed by atoms with Crippen molar-refractivity contribution in [3.8, 4) is 5.75 Å². The number of amides is 1. The zero-order chi connectivity index (χ0) is 16.6. The van der Waals surface area contributed by atoms with Crippen LogP contribution in [-0.2, 0) is 4.79 Å². The highest BCUT2D eigenvalue weighted by molar-refractivity contribution is 5.78. The average molecular weight is 321 g/mol. The molecule has 0 bridgehead atoms. The Labute approximate surface area is 143 Å². The summed E-state index contributed by atoms with van der Waals surface area (Å²) in [5.74, 6) is 1.08. The molecule has 2 aromatic rings. The zero-order valence-electron chi connectivity index (χ0n) is 13.9. The molecule has 0 fully saturated rings. The van der Waals surface area contributed by atoms with Gasteiger partial charge in [0.1, 0.15) is 5.75 Å². The molecule has 0 saturated carbocycles. The van der Waals surface area contributed by atoms with E-state index >= 15 is 0 Å². The summed E-state index contributed by atoms with van der Waals surface area (Å²) in [5.41, 5.74) is 2.60. The van der Waals surface area contributed by atoms with Gasteiger partial charge >= 0.3 is 0 Å². The first-order chi connectivity index (χ1) is 11.8. The van der Waals surface area contributed by atoms with Gasteiger partial charge in [-0.05, 0) is 36.1 Å². The van der Waals surface area contributed by atoms with Gasteiger partial charge in [0, 0.05) is 19.5 Å². The number of rotatable bonds is 6. The summed E-state index contributed by atoms with van der Waals surface area (Å²) in [6.07, 6.45) is 4.40. The van der Waals surface area contributed by atoms with Gasteiger partial charge in [0.2, 0.25) is 5.91 Å². The molecule has 24 heavy (non-hydrogen) atoms. The highest BCUT2D eigenvalue weighted by Crippen LogP contribution is 2.22. The summed E-state index contributed by atoms with van der Waals surface area (Å²) >= 11 is 0. The van der Waals surface area contributed by atoms with Gasteiger partial charge in [-0.15, -0.1) is 0 Å². The van der Waals surface area contributed by atoms with Crippen LogP contribution in [0.1, 0.15) is 24.8 Å². The van der Waals surface area contributed by atoms with Crippen LogP contribution < -0.4 is 4.74 Å². The Hall–Kier alpha value is -2.55. The molecular formula is C21H23NO2. The minimum absolute atomic E-state index is 0.218. The lowest BCUT2D eigenvalue weighted by Crippen LogP contribution is -2.34. The molecule has 1 aliphatic rings. The molecule has 2 aromatic carbocycles. The molecule has 124 valence electrons. The molecule has 3 heteroatoms. The summed E-state index contributed by atoms with van der Waals surface area (Å²) in [7, 11) is 0. The third kappa shape index (κ3) is 4.48. The van der Waals surface area contributed by atoms with Gasteiger partial charge in [0.15, 0.2) is 0 Å². The van der Waals surface area contributed by atoms with Crippen LogP contribution in [0.4, 0.5) is 0 Å². The van der Waals surface area contributed by atoms with E-state index in [2.05, 4.69) is 30.3 Å². The lowest BCUT2D eigenvalue weighted by molar-refractivity contribution is -0.131. The molecular weight excluding hydrogens is 298 g/mol. The second-order valence-electron chi connectivity index (χ2n) is 5.95. The van der Waals surface area contributed by atoms with Gasteiger partial charge < -0.3 is 9.64 Å². The SMILES string of the molecule is O=C(CCCOc1ccccc1)N1CC=C(c2ccccc2)CC1. The molecule has 3 rings (SSSR count). The summed E-state index contributed by atoms with van der Waals surface area (Å²) in [4.78, 5) is 14.2. The fraction of sp³-hybridized carbons (Fsp3) is 0.286. The molecule has 0 aromatic heterocycles. The second kappa shape index (κ2) is 8.34. The normalized spacial score (nSPS) is 14.2. The van der Waals surface area contributed by atoms with E-state index in [1.165, 1.54) is 11.1 Å². The van der Waals surface area contributed by atoms with Crippen molar-refractivity contribution < 1.29 is 9.53 Å². The molecule has 0 spiro atoms. The van der Waals surface area contributed by atoms with Crippen molar-refractivity contribution in [2.45, 2.75) is 19.3 Å². The van der Waals surface area contributed by atoms with Gasteiger partial charge in [-0.1, -0.05) is 54.6 Å². The molecule has 1 amide bonds. The highest BCUT2D eigenvalue weighted by atomic mass is 16.5. The van der Waals surface area contributed by atoms with Crippen LogP contribution in [0.2, 0.25) is 0 Å². The monoisotopic (exact) mass is 321 g/mol. The average Bonchev–Trinajstić information content (AvgIpc) is 2.67. The number of carbonyl (C=O) groups is 1. The quantitative estimate of drug-likeness (QED) is 0.748. The Bertz CT molecular complexity index is 679. The first-order valence-electron chi connectivity index (χ1n) is 8.53. The standard InChI is InChI=1S/C21H23NO2/c23-21(12-7-17-24-20-10-5-2-6-11-20)22-15-13-19(14-16-22)18-8-3-1-4-9-18/h1-6,8-11,13H,7,12,14-17H2. The van der Waals surface area contributed by atoms with Gasteiger partial charge in [-0.25, -0.2) is 0 Å². The molecule has 1 heterocycles. The number of benzene rings is 2. The van der Waals surface area contributed by atoms with Crippen LogP contribution in [0.25, 0.3) is 5.57 Å². The highest BCUT2D eigenvalue weighted by Gasteiger charge is 2.17. The van der Waals surface area contributed by atoms with E-state index in [1.807, 2.05) is 41.3 Å². The fourth-order valence-corrected chi connectivity index (χ4v) is 2.90. The van der Waals surface area contributed by atoms with Crippen LogP contribution in [0.3, 0.4) is 0 Å². The summed E-state index contributed by atoms with van der Waals surface area (Å²) in [6.45, 7) is 2.09. The number of hydrogen-bond donors (Lipinski definition) is 0. The number of nitrogens with zero attached hydrogens (tertiary/aromatic N) is 1. The predicted octanol–water partition coefficient (Wildman–Crippen LogP) is 4.16. The molecule has 3 nitrogen and oxygen atoms in total. The number of carbonyl (C=O) groups excluding carboxylic acids is 1. The lowest BCUT2D eigenvalue weighted by atomic mass is 9.99. The Balaban J connectivity index is 1.41. The molecule has 1 aliphatic heterocycles. The topological polar surface area (TPSA) is 29.5 Å². The molecule has 0 saturated heterocycles. The lowest BCUT2D eigenvalue weighted by Gasteiger charge is -2.26. The summed E-state index contributed by atoms with van der Waals surface area (Å²) < 4.78 is 5.64. The minimum Gasteiger partial charge on any atom is -0.494 e. The number of ether oxygens (including phenoxy) is 1. The van der Waals surface area contributed by atoms with E-state index in [1.54, 1.807) is 0 Å². The first kappa shape index (κ1) is 16.3. The van der Waals surface area contributed by atoms with Crippen LogP contribution in [0, 0.1) is 0 Å². The van der Waals surface area contributed by atoms with E-state index in [4.69, 9.17) is 4.74 Å². The van der Waals surface area contributed by atoms with Crippen molar-refractivity contribution >= 4 is 11.5 Å². The maximum atomic E-state index is 12.3. The van der Waals surface area contributed by atoms with E-state index in [0.717, 1.165) is 25.1 Å². The van der Waals surface area contributed by atoms with Crippen LogP contribution in [0.15, 0.2) is 66.7 Å². The third-order valence-corrected chi connectivity index (χ3v) is 4.25. The zero-order valence-corrected chi connectivity index (χ0v) is 13.9. The summed E-state index contributed by atoms with van der Waals surface area (Å²) in [5, 5.41) is 0. The van der Waals surface area contributed by atoms with Crippen molar-refractivity contribution in [3.05, 3.63) is 72.3 Å². The molecule has 0 N–H and O–H groups in total. The van der Waals surface area contributed by atoms with Crippen LogP contribution in [-0.4, -0.2) is 30.5 Å². The molecule has 0 unspecified atom stereocenters. The third-order valence-electron chi connectivity index (χ3n) is 4.25. The van der Waals surface area contributed by atoms with Gasteiger partial charge in [-0.3, -0.25) is 4.79 Å². The van der Waals surface area contributed by atoms with E-state index in [-0.39, 0.29) is 5.91 Å². The Morgan fingerprint density at radius 2 is 1.71 bits per heavy atom.